The van der Waals surface area contributed by atoms with Crippen LogP contribution < -0.4 is 5.73 Å². The monoisotopic (exact) mass is 168 g/mol. The second-order valence-corrected chi connectivity index (χ2v) is 3.16. The van der Waals surface area contributed by atoms with Gasteiger partial charge in [0.2, 0.25) is 0 Å². The van der Waals surface area contributed by atoms with Crippen molar-refractivity contribution >= 4 is 0 Å². The van der Waals surface area contributed by atoms with Crippen LogP contribution in [0.5, 0.6) is 0 Å². The van der Waals surface area contributed by atoms with Crippen molar-refractivity contribution in [3.63, 3.8) is 0 Å². The van der Waals surface area contributed by atoms with E-state index in [9.17, 15) is 10.1 Å². The van der Waals surface area contributed by atoms with E-state index in [1.807, 2.05) is 0 Å². The highest BCUT2D eigenvalue weighted by Gasteiger charge is 2.45. The molecule has 2 unspecified atom stereocenters. The molecule has 66 valence electrons. The first-order chi connectivity index (χ1) is 5.49. The van der Waals surface area contributed by atoms with Crippen LogP contribution in [0.3, 0.4) is 0 Å². The van der Waals surface area contributed by atoms with Crippen LogP contribution in [0.15, 0.2) is 23.8 Å². The first kappa shape index (κ1) is 8.93. The minimum atomic E-state index is -1.13. The highest BCUT2D eigenvalue weighted by Crippen LogP contribution is 2.26. The molecule has 0 saturated carbocycles. The zero-order valence-corrected chi connectivity index (χ0v) is 7.15. The van der Waals surface area contributed by atoms with E-state index in [0.29, 0.717) is 5.57 Å². The Morgan fingerprint density at radius 3 is 2.67 bits per heavy atom. The molecule has 0 aromatic carbocycles. The van der Waals surface area contributed by atoms with Crippen molar-refractivity contribution in [1.29, 1.82) is 0 Å². The molecule has 12 heavy (non-hydrogen) atoms. The molecule has 0 bridgehead atoms. The Morgan fingerprint density at radius 2 is 2.33 bits per heavy atom. The molecule has 0 aromatic heterocycles. The number of nitro groups is 1. The molecule has 0 amide bonds. The molecule has 0 saturated heterocycles. The van der Waals surface area contributed by atoms with Crippen molar-refractivity contribution in [2.45, 2.75) is 25.4 Å². The summed E-state index contributed by atoms with van der Waals surface area (Å²) in [6, 6.07) is -0.530. The van der Waals surface area contributed by atoms with Gasteiger partial charge in [0.15, 0.2) is 0 Å². The molecule has 0 aliphatic heterocycles. The molecular formula is C8H12N2O2. The second kappa shape index (κ2) is 2.71. The Morgan fingerprint density at radius 1 is 1.75 bits per heavy atom. The van der Waals surface area contributed by atoms with Crippen LogP contribution in [-0.4, -0.2) is 16.5 Å². The third kappa shape index (κ3) is 1.04. The van der Waals surface area contributed by atoms with Gasteiger partial charge in [-0.2, -0.15) is 0 Å². The molecule has 1 rings (SSSR count). The Kier molecular flexibility index (Phi) is 2.02. The maximum absolute atomic E-state index is 10.7. The van der Waals surface area contributed by atoms with Gasteiger partial charge in [-0.3, -0.25) is 10.1 Å². The standard InChI is InChI=1S/C8H12N2O2/c1-6-4-3-5-7(9)8(6,2)10(11)12/h3-5,7H,9H2,1-2H3. The summed E-state index contributed by atoms with van der Waals surface area (Å²) in [6.07, 6.45) is 5.13. The average molecular weight is 168 g/mol. The zero-order chi connectivity index (χ0) is 9.35. The van der Waals surface area contributed by atoms with Gasteiger partial charge in [0.05, 0.1) is 6.04 Å². The lowest BCUT2D eigenvalue weighted by atomic mass is 9.83. The third-order valence-corrected chi connectivity index (χ3v) is 2.49. The van der Waals surface area contributed by atoms with Gasteiger partial charge < -0.3 is 5.73 Å². The van der Waals surface area contributed by atoms with Crippen molar-refractivity contribution in [3.8, 4) is 0 Å². The third-order valence-electron chi connectivity index (χ3n) is 2.49. The lowest BCUT2D eigenvalue weighted by Gasteiger charge is -2.27. The maximum Gasteiger partial charge on any atom is 0.258 e. The van der Waals surface area contributed by atoms with Gasteiger partial charge in [-0.05, 0) is 6.92 Å². The quantitative estimate of drug-likeness (QED) is 0.466. The Labute approximate surface area is 70.9 Å². The SMILES string of the molecule is CC1=CC=CC(N)C1(C)[N+](=O)[O-]. The molecule has 0 spiro atoms. The van der Waals surface area contributed by atoms with Crippen molar-refractivity contribution < 1.29 is 4.92 Å². The highest BCUT2D eigenvalue weighted by atomic mass is 16.6. The maximum atomic E-state index is 10.7. The van der Waals surface area contributed by atoms with E-state index in [2.05, 4.69) is 0 Å². The van der Waals surface area contributed by atoms with Crippen LogP contribution >= 0.6 is 0 Å². The van der Waals surface area contributed by atoms with Crippen molar-refractivity contribution in [2.24, 2.45) is 5.73 Å². The smallest absolute Gasteiger partial charge is 0.258 e. The topological polar surface area (TPSA) is 69.2 Å². The molecule has 1 aliphatic carbocycles. The Hall–Kier alpha value is -1.16. The first-order valence-corrected chi connectivity index (χ1v) is 3.75. The summed E-state index contributed by atoms with van der Waals surface area (Å²) in [7, 11) is 0. The normalized spacial score (nSPS) is 34.6. The van der Waals surface area contributed by atoms with Gasteiger partial charge in [-0.25, -0.2) is 0 Å². The van der Waals surface area contributed by atoms with Crippen LogP contribution in [-0.2, 0) is 0 Å². The molecule has 0 aromatic rings. The van der Waals surface area contributed by atoms with Crippen LogP contribution in [0, 0.1) is 10.1 Å². The molecular weight excluding hydrogens is 156 g/mol. The lowest BCUT2D eigenvalue weighted by Crippen LogP contribution is -2.52. The fourth-order valence-corrected chi connectivity index (χ4v) is 1.20. The summed E-state index contributed by atoms with van der Waals surface area (Å²) in [6.45, 7) is 3.28. The molecule has 4 heteroatoms. The molecule has 2 N–H and O–H groups in total. The Balaban J connectivity index is 3.10. The van der Waals surface area contributed by atoms with E-state index >= 15 is 0 Å². The van der Waals surface area contributed by atoms with E-state index in [0.717, 1.165) is 0 Å². The Bertz CT molecular complexity index is 270. The fraction of sp³-hybridized carbons (Fsp3) is 0.500. The predicted octanol–water partition coefficient (Wildman–Crippen LogP) is 0.865. The second-order valence-electron chi connectivity index (χ2n) is 3.16. The van der Waals surface area contributed by atoms with Crippen molar-refractivity contribution in [3.05, 3.63) is 33.9 Å². The van der Waals surface area contributed by atoms with Gasteiger partial charge in [0.25, 0.3) is 5.54 Å². The van der Waals surface area contributed by atoms with Gasteiger partial charge >= 0.3 is 0 Å². The van der Waals surface area contributed by atoms with Crippen molar-refractivity contribution in [2.75, 3.05) is 0 Å². The lowest BCUT2D eigenvalue weighted by molar-refractivity contribution is -0.555. The number of hydrogen-bond donors (Lipinski definition) is 1. The van der Waals surface area contributed by atoms with Crippen LogP contribution in [0.25, 0.3) is 0 Å². The largest absolute Gasteiger partial charge is 0.318 e. The molecule has 2 atom stereocenters. The number of nitrogens with zero attached hydrogens (tertiary/aromatic N) is 1. The van der Waals surface area contributed by atoms with E-state index in [4.69, 9.17) is 5.73 Å². The van der Waals surface area contributed by atoms with Crippen LogP contribution in [0.4, 0.5) is 0 Å². The summed E-state index contributed by atoms with van der Waals surface area (Å²) in [5.74, 6) is 0. The van der Waals surface area contributed by atoms with Gasteiger partial charge in [0.1, 0.15) is 0 Å². The van der Waals surface area contributed by atoms with Crippen LogP contribution in [0.1, 0.15) is 13.8 Å². The summed E-state index contributed by atoms with van der Waals surface area (Å²) in [4.78, 5) is 10.4. The molecule has 0 heterocycles. The number of nitrogens with two attached hydrogens (primary N) is 1. The predicted molar refractivity (Wildman–Crippen MR) is 46.3 cm³/mol. The van der Waals surface area contributed by atoms with E-state index in [1.54, 1.807) is 32.1 Å². The van der Waals surface area contributed by atoms with Gasteiger partial charge in [-0.1, -0.05) is 18.2 Å². The molecule has 0 radical (unpaired) electrons. The highest BCUT2D eigenvalue weighted by molar-refractivity contribution is 5.30. The summed E-state index contributed by atoms with van der Waals surface area (Å²) < 4.78 is 0. The first-order valence-electron chi connectivity index (χ1n) is 3.75. The van der Waals surface area contributed by atoms with E-state index < -0.39 is 11.6 Å². The molecule has 4 nitrogen and oxygen atoms in total. The summed E-state index contributed by atoms with van der Waals surface area (Å²) >= 11 is 0. The fourth-order valence-electron chi connectivity index (χ4n) is 1.20. The van der Waals surface area contributed by atoms with Gasteiger partial charge in [0, 0.05) is 17.4 Å². The number of rotatable bonds is 1. The van der Waals surface area contributed by atoms with E-state index in [1.165, 1.54) is 0 Å². The van der Waals surface area contributed by atoms with E-state index in [-0.39, 0.29) is 4.92 Å². The average Bonchev–Trinajstić information content (AvgIpc) is 1.99. The van der Waals surface area contributed by atoms with Crippen molar-refractivity contribution in [1.82, 2.24) is 0 Å². The summed E-state index contributed by atoms with van der Waals surface area (Å²) in [5.41, 5.74) is 5.20. The minimum absolute atomic E-state index is 0.326. The molecule has 0 fully saturated rings. The zero-order valence-electron chi connectivity index (χ0n) is 7.15. The minimum Gasteiger partial charge on any atom is -0.318 e. The van der Waals surface area contributed by atoms with Crippen LogP contribution in [0.2, 0.25) is 0 Å². The number of hydrogen-bond acceptors (Lipinski definition) is 3. The number of allylic oxidation sites excluding steroid dienone is 2. The van der Waals surface area contributed by atoms with Gasteiger partial charge in [-0.15, -0.1) is 0 Å². The summed E-state index contributed by atoms with van der Waals surface area (Å²) in [5, 5.41) is 10.7. The molecule has 1 aliphatic rings.